The Balaban J connectivity index is 2.51. The summed E-state index contributed by atoms with van der Waals surface area (Å²) < 4.78 is 0. The molecule has 1 rings (SSSR count). The molecule has 0 atom stereocenters. The molecule has 0 amide bonds. The van der Waals surface area contributed by atoms with Crippen LogP contribution in [0.2, 0.25) is 19.6 Å². The second-order valence-corrected chi connectivity index (χ2v) is 9.88. The Hall–Kier alpha value is -0.893. The van der Waals surface area contributed by atoms with E-state index < -0.39 is 8.07 Å². The van der Waals surface area contributed by atoms with E-state index in [1.165, 1.54) is 5.56 Å². The van der Waals surface area contributed by atoms with Gasteiger partial charge in [0, 0.05) is 12.4 Å². The number of rotatable bonds is 3. The maximum absolute atomic E-state index is 4.45. The summed E-state index contributed by atoms with van der Waals surface area (Å²) in [5, 5.41) is 0. The smallest absolute Gasteiger partial charge is 0.0692 e. The van der Waals surface area contributed by atoms with Gasteiger partial charge in [-0.2, -0.15) is 0 Å². The molecule has 0 aromatic heterocycles. The fourth-order valence-electron chi connectivity index (χ4n) is 0.964. The average Bonchev–Trinajstić information content (AvgIpc) is 2.04. The van der Waals surface area contributed by atoms with Crippen LogP contribution >= 0.6 is 0 Å². The Morgan fingerprint density at radius 1 is 1.15 bits per heavy atom. The quantitative estimate of drug-likeness (QED) is 0.514. The van der Waals surface area contributed by atoms with Gasteiger partial charge in [-0.25, -0.2) is 0 Å². The molecule has 0 aliphatic rings. The van der Waals surface area contributed by atoms with Crippen LogP contribution in [0.15, 0.2) is 35.3 Å². The van der Waals surface area contributed by atoms with Crippen molar-refractivity contribution in [2.45, 2.75) is 19.6 Å². The second kappa shape index (κ2) is 4.37. The summed E-state index contributed by atoms with van der Waals surface area (Å²) in [7, 11) is -1.01. The Labute approximate surface area is 81.5 Å². The standard InChI is InChI=1S/C11H17NSi/c1-13(2,3)10-12-9-11-7-5-4-6-8-11/h4-9H,10H2,1-3H3. The van der Waals surface area contributed by atoms with Gasteiger partial charge in [-0.1, -0.05) is 50.0 Å². The van der Waals surface area contributed by atoms with Gasteiger partial charge in [-0.3, -0.25) is 4.99 Å². The molecular weight excluding hydrogens is 174 g/mol. The minimum absolute atomic E-state index is 1.01. The van der Waals surface area contributed by atoms with Gasteiger partial charge in [-0.05, 0) is 5.56 Å². The largest absolute Gasteiger partial charge is 0.296 e. The fourth-order valence-corrected chi connectivity index (χ4v) is 1.60. The van der Waals surface area contributed by atoms with E-state index in [1.54, 1.807) is 0 Å². The molecule has 0 heterocycles. The minimum atomic E-state index is -1.01. The van der Waals surface area contributed by atoms with Crippen LogP contribution < -0.4 is 0 Å². The van der Waals surface area contributed by atoms with E-state index in [4.69, 9.17) is 0 Å². The van der Waals surface area contributed by atoms with E-state index in [2.05, 4.69) is 36.8 Å². The summed E-state index contributed by atoms with van der Waals surface area (Å²) in [6.45, 7) is 6.99. The summed E-state index contributed by atoms with van der Waals surface area (Å²) >= 11 is 0. The second-order valence-electron chi connectivity index (χ2n) is 4.44. The number of hydrogen-bond donors (Lipinski definition) is 0. The van der Waals surface area contributed by atoms with Crippen molar-refractivity contribution in [1.29, 1.82) is 0 Å². The highest BCUT2D eigenvalue weighted by molar-refractivity contribution is 6.76. The van der Waals surface area contributed by atoms with Crippen LogP contribution in [0.1, 0.15) is 5.56 Å². The first-order chi connectivity index (χ1) is 6.08. The van der Waals surface area contributed by atoms with Crippen LogP contribution in [-0.2, 0) is 0 Å². The predicted molar refractivity (Wildman–Crippen MR) is 62.2 cm³/mol. The van der Waals surface area contributed by atoms with Gasteiger partial charge in [0.2, 0.25) is 0 Å². The van der Waals surface area contributed by atoms with Gasteiger partial charge < -0.3 is 0 Å². The molecule has 0 saturated heterocycles. The van der Waals surface area contributed by atoms with Gasteiger partial charge in [-0.15, -0.1) is 0 Å². The molecule has 1 aromatic rings. The van der Waals surface area contributed by atoms with Gasteiger partial charge >= 0.3 is 0 Å². The maximum Gasteiger partial charge on any atom is 0.0692 e. The van der Waals surface area contributed by atoms with Crippen LogP contribution in [0.4, 0.5) is 0 Å². The highest BCUT2D eigenvalue weighted by Gasteiger charge is 2.10. The zero-order valence-electron chi connectivity index (χ0n) is 8.62. The van der Waals surface area contributed by atoms with Gasteiger partial charge in [0.05, 0.1) is 8.07 Å². The molecule has 1 aromatic carbocycles. The lowest BCUT2D eigenvalue weighted by molar-refractivity contribution is 1.29. The van der Waals surface area contributed by atoms with Crippen molar-refractivity contribution in [2.75, 3.05) is 6.17 Å². The first-order valence-electron chi connectivity index (χ1n) is 4.63. The molecule has 0 saturated carbocycles. The maximum atomic E-state index is 4.45. The number of nitrogens with zero attached hydrogens (tertiary/aromatic N) is 1. The van der Waals surface area contributed by atoms with E-state index in [0.29, 0.717) is 0 Å². The highest BCUT2D eigenvalue weighted by atomic mass is 28.3. The van der Waals surface area contributed by atoms with Crippen molar-refractivity contribution in [1.82, 2.24) is 0 Å². The van der Waals surface area contributed by atoms with Crippen molar-refractivity contribution < 1.29 is 0 Å². The van der Waals surface area contributed by atoms with E-state index in [1.807, 2.05) is 24.4 Å². The summed E-state index contributed by atoms with van der Waals surface area (Å²) in [4.78, 5) is 4.45. The van der Waals surface area contributed by atoms with Crippen LogP contribution in [0.3, 0.4) is 0 Å². The Morgan fingerprint density at radius 2 is 1.77 bits per heavy atom. The van der Waals surface area contributed by atoms with E-state index in [0.717, 1.165) is 6.17 Å². The molecular formula is C11H17NSi. The lowest BCUT2D eigenvalue weighted by Gasteiger charge is -2.10. The number of aliphatic imine (C=N–C) groups is 1. The molecule has 0 bridgehead atoms. The van der Waals surface area contributed by atoms with E-state index >= 15 is 0 Å². The van der Waals surface area contributed by atoms with Crippen LogP contribution in [0.5, 0.6) is 0 Å². The van der Waals surface area contributed by atoms with Crippen molar-refractivity contribution in [3.8, 4) is 0 Å². The summed E-state index contributed by atoms with van der Waals surface area (Å²) in [5.74, 6) is 0. The lowest BCUT2D eigenvalue weighted by atomic mass is 10.2. The Bertz CT molecular complexity index is 272. The van der Waals surface area contributed by atoms with Crippen molar-refractivity contribution in [3.63, 3.8) is 0 Å². The van der Waals surface area contributed by atoms with Crippen molar-refractivity contribution >= 4 is 14.3 Å². The molecule has 0 N–H and O–H groups in total. The first kappa shape index (κ1) is 10.2. The zero-order chi connectivity index (χ0) is 9.73. The molecule has 0 aliphatic carbocycles. The molecule has 0 aliphatic heterocycles. The summed E-state index contributed by atoms with van der Waals surface area (Å²) in [6.07, 6.45) is 2.99. The summed E-state index contributed by atoms with van der Waals surface area (Å²) in [5.41, 5.74) is 1.20. The third kappa shape index (κ3) is 4.63. The highest BCUT2D eigenvalue weighted by Crippen LogP contribution is 2.00. The molecule has 0 unspecified atom stereocenters. The van der Waals surface area contributed by atoms with Crippen LogP contribution in [0, 0.1) is 0 Å². The van der Waals surface area contributed by atoms with Gasteiger partial charge in [0.15, 0.2) is 0 Å². The monoisotopic (exact) mass is 191 g/mol. The summed E-state index contributed by atoms with van der Waals surface area (Å²) in [6, 6.07) is 10.3. The average molecular weight is 191 g/mol. The third-order valence-corrected chi connectivity index (χ3v) is 2.74. The first-order valence-corrected chi connectivity index (χ1v) is 8.33. The van der Waals surface area contributed by atoms with Gasteiger partial charge in [0.1, 0.15) is 0 Å². The molecule has 2 heteroatoms. The molecule has 1 nitrogen and oxygen atoms in total. The van der Waals surface area contributed by atoms with Crippen molar-refractivity contribution in [2.24, 2.45) is 4.99 Å². The molecule has 13 heavy (non-hydrogen) atoms. The van der Waals surface area contributed by atoms with Gasteiger partial charge in [0.25, 0.3) is 0 Å². The Morgan fingerprint density at radius 3 is 2.31 bits per heavy atom. The molecule has 0 spiro atoms. The lowest BCUT2D eigenvalue weighted by Crippen LogP contribution is -2.24. The molecule has 0 radical (unpaired) electrons. The zero-order valence-corrected chi connectivity index (χ0v) is 9.62. The van der Waals surface area contributed by atoms with E-state index in [9.17, 15) is 0 Å². The molecule has 0 fully saturated rings. The normalized spacial score (nSPS) is 12.2. The fraction of sp³-hybridized carbons (Fsp3) is 0.364. The van der Waals surface area contributed by atoms with Crippen LogP contribution in [0.25, 0.3) is 0 Å². The van der Waals surface area contributed by atoms with Crippen molar-refractivity contribution in [3.05, 3.63) is 35.9 Å². The van der Waals surface area contributed by atoms with E-state index in [-0.39, 0.29) is 0 Å². The number of hydrogen-bond acceptors (Lipinski definition) is 1. The predicted octanol–water partition coefficient (Wildman–Crippen LogP) is 2.98. The van der Waals surface area contributed by atoms with Crippen LogP contribution in [-0.4, -0.2) is 20.5 Å². The third-order valence-electron chi connectivity index (χ3n) is 1.61. The number of benzene rings is 1. The molecule has 70 valence electrons. The SMILES string of the molecule is C[Si](C)(C)CN=Cc1ccccc1. The minimum Gasteiger partial charge on any atom is -0.296 e. The Kier molecular flexibility index (Phi) is 3.43. The topological polar surface area (TPSA) is 12.4 Å².